The van der Waals surface area contributed by atoms with Crippen LogP contribution in [0.1, 0.15) is 13.8 Å². The third-order valence-corrected chi connectivity index (χ3v) is 1.33. The van der Waals surface area contributed by atoms with Crippen LogP contribution in [0.5, 0.6) is 0 Å². The Kier molecular flexibility index (Phi) is 6.36. The molecule has 0 fully saturated rings. The van der Waals surface area contributed by atoms with Crippen molar-refractivity contribution >= 4 is 18.5 Å². The second-order valence-corrected chi connectivity index (χ2v) is 3.06. The minimum Gasteiger partial charge on any atom is -0.354 e. The average molecular weight is 176 g/mol. The Morgan fingerprint density at radius 2 is 2.18 bits per heavy atom. The number of hydrogen-bond acceptors (Lipinski definition) is 3. The van der Waals surface area contributed by atoms with E-state index in [1.807, 2.05) is 13.8 Å². The number of nitrogens with one attached hydrogen (secondary N) is 2. The Morgan fingerprint density at radius 1 is 1.55 bits per heavy atom. The Bertz CT molecular complexity index is 117. The van der Waals surface area contributed by atoms with Gasteiger partial charge < -0.3 is 10.6 Å². The molecule has 0 aromatic carbocycles. The van der Waals surface area contributed by atoms with Gasteiger partial charge in [0, 0.05) is 18.3 Å². The zero-order chi connectivity index (χ0) is 8.69. The summed E-state index contributed by atoms with van der Waals surface area (Å²) in [5.41, 5.74) is 0. The van der Waals surface area contributed by atoms with Crippen LogP contribution < -0.4 is 10.6 Å². The molecule has 0 aromatic rings. The van der Waals surface area contributed by atoms with Crippen molar-refractivity contribution in [2.75, 3.05) is 18.8 Å². The van der Waals surface area contributed by atoms with E-state index in [0.29, 0.717) is 24.9 Å². The van der Waals surface area contributed by atoms with Gasteiger partial charge in [0.25, 0.3) is 0 Å². The average Bonchev–Trinajstić information content (AvgIpc) is 1.97. The summed E-state index contributed by atoms with van der Waals surface area (Å²) < 4.78 is 0. The number of thiol groups is 1. The van der Waals surface area contributed by atoms with Crippen molar-refractivity contribution in [3.05, 3.63) is 0 Å². The number of carbonyl (C=O) groups is 1. The van der Waals surface area contributed by atoms with Crippen molar-refractivity contribution in [2.45, 2.75) is 19.9 Å². The molecule has 0 saturated carbocycles. The monoisotopic (exact) mass is 176 g/mol. The predicted molar refractivity (Wildman–Crippen MR) is 50.0 cm³/mol. The summed E-state index contributed by atoms with van der Waals surface area (Å²) in [4.78, 5) is 10.9. The maximum absolute atomic E-state index is 10.9. The van der Waals surface area contributed by atoms with Gasteiger partial charge in [0.2, 0.25) is 5.91 Å². The summed E-state index contributed by atoms with van der Waals surface area (Å²) in [6, 6.07) is 0.358. The smallest absolute Gasteiger partial charge is 0.233 e. The molecule has 0 rings (SSSR count). The molecule has 0 bridgehead atoms. The molecule has 0 aliphatic heterocycles. The molecule has 1 amide bonds. The van der Waals surface area contributed by atoms with Gasteiger partial charge in [-0.15, -0.1) is 0 Å². The first-order chi connectivity index (χ1) is 5.16. The minimum atomic E-state index is 0.0350. The van der Waals surface area contributed by atoms with E-state index in [4.69, 9.17) is 0 Å². The van der Waals surface area contributed by atoms with E-state index in [1.165, 1.54) is 0 Å². The van der Waals surface area contributed by atoms with Crippen molar-refractivity contribution in [1.82, 2.24) is 10.6 Å². The van der Waals surface area contributed by atoms with E-state index in [-0.39, 0.29) is 5.91 Å². The first-order valence-electron chi connectivity index (χ1n) is 3.77. The van der Waals surface area contributed by atoms with Gasteiger partial charge in [-0.05, 0) is 0 Å². The molecule has 3 nitrogen and oxygen atoms in total. The number of rotatable bonds is 5. The third-order valence-electron chi connectivity index (χ3n) is 1.10. The standard InChI is InChI=1S/C7H16N2OS/c1-6(2)9-5-7(10)8-3-4-11/h6,9,11H,3-5H2,1-2H3,(H,8,10). The van der Waals surface area contributed by atoms with Crippen LogP contribution in [-0.4, -0.2) is 30.8 Å². The van der Waals surface area contributed by atoms with E-state index in [1.54, 1.807) is 0 Å². The molecule has 66 valence electrons. The maximum Gasteiger partial charge on any atom is 0.233 e. The van der Waals surface area contributed by atoms with Crippen LogP contribution in [0, 0.1) is 0 Å². The largest absolute Gasteiger partial charge is 0.354 e. The lowest BCUT2D eigenvalue weighted by Crippen LogP contribution is -2.37. The van der Waals surface area contributed by atoms with Crippen LogP contribution >= 0.6 is 12.6 Å². The minimum absolute atomic E-state index is 0.0350. The maximum atomic E-state index is 10.9. The van der Waals surface area contributed by atoms with Gasteiger partial charge >= 0.3 is 0 Å². The molecule has 0 aromatic heterocycles. The van der Waals surface area contributed by atoms with Crippen molar-refractivity contribution in [3.63, 3.8) is 0 Å². The molecule has 4 heteroatoms. The van der Waals surface area contributed by atoms with Gasteiger partial charge in [-0.1, -0.05) is 13.8 Å². The second kappa shape index (κ2) is 6.49. The number of hydrogen-bond donors (Lipinski definition) is 3. The highest BCUT2D eigenvalue weighted by atomic mass is 32.1. The fourth-order valence-electron chi connectivity index (χ4n) is 0.555. The van der Waals surface area contributed by atoms with E-state index in [0.717, 1.165) is 0 Å². The molecular weight excluding hydrogens is 160 g/mol. The van der Waals surface area contributed by atoms with Crippen molar-refractivity contribution in [3.8, 4) is 0 Å². The zero-order valence-corrected chi connectivity index (χ0v) is 7.95. The summed E-state index contributed by atoms with van der Waals surface area (Å²) in [5, 5.41) is 5.73. The third kappa shape index (κ3) is 7.68. The van der Waals surface area contributed by atoms with Gasteiger partial charge in [-0.25, -0.2) is 0 Å². The molecule has 0 aliphatic rings. The summed E-state index contributed by atoms with van der Waals surface area (Å²) >= 11 is 3.97. The van der Waals surface area contributed by atoms with Crippen LogP contribution in [0.15, 0.2) is 0 Å². The van der Waals surface area contributed by atoms with Crippen LogP contribution in [-0.2, 0) is 4.79 Å². The van der Waals surface area contributed by atoms with E-state index < -0.39 is 0 Å². The van der Waals surface area contributed by atoms with Gasteiger partial charge in [0.15, 0.2) is 0 Å². The van der Waals surface area contributed by atoms with Gasteiger partial charge in [-0.3, -0.25) is 4.79 Å². The second-order valence-electron chi connectivity index (χ2n) is 2.61. The highest BCUT2D eigenvalue weighted by Crippen LogP contribution is 1.75. The Hall–Kier alpha value is -0.220. The van der Waals surface area contributed by atoms with Crippen LogP contribution in [0.25, 0.3) is 0 Å². The highest BCUT2D eigenvalue weighted by molar-refractivity contribution is 7.80. The first kappa shape index (κ1) is 10.8. The van der Waals surface area contributed by atoms with E-state index >= 15 is 0 Å². The summed E-state index contributed by atoms with van der Waals surface area (Å²) in [5.74, 6) is 0.723. The molecule has 11 heavy (non-hydrogen) atoms. The molecule has 0 atom stereocenters. The van der Waals surface area contributed by atoms with Gasteiger partial charge in [0.05, 0.1) is 6.54 Å². The lowest BCUT2D eigenvalue weighted by Gasteiger charge is -2.07. The van der Waals surface area contributed by atoms with Crippen LogP contribution in [0.4, 0.5) is 0 Å². The Balaban J connectivity index is 3.23. The highest BCUT2D eigenvalue weighted by Gasteiger charge is 1.99. The SMILES string of the molecule is CC(C)NCC(=O)NCCS. The quantitative estimate of drug-likeness (QED) is 0.517. The number of carbonyl (C=O) groups excluding carboxylic acids is 1. The fourth-order valence-corrected chi connectivity index (χ4v) is 0.666. The van der Waals surface area contributed by atoms with Crippen LogP contribution in [0.3, 0.4) is 0 Å². The predicted octanol–water partition coefficient (Wildman–Crippen LogP) is 0.0304. The summed E-state index contributed by atoms with van der Waals surface area (Å²) in [7, 11) is 0. The molecule has 0 saturated heterocycles. The summed E-state index contributed by atoms with van der Waals surface area (Å²) in [6.45, 7) is 5.05. The molecular formula is C7H16N2OS. The molecule has 0 heterocycles. The molecule has 2 N–H and O–H groups in total. The molecule has 0 unspecified atom stereocenters. The topological polar surface area (TPSA) is 41.1 Å². The van der Waals surface area contributed by atoms with Crippen molar-refractivity contribution in [2.24, 2.45) is 0 Å². The van der Waals surface area contributed by atoms with Gasteiger partial charge in [0.1, 0.15) is 0 Å². The summed E-state index contributed by atoms with van der Waals surface area (Å²) in [6.07, 6.45) is 0. The zero-order valence-electron chi connectivity index (χ0n) is 7.05. The van der Waals surface area contributed by atoms with E-state index in [9.17, 15) is 4.79 Å². The van der Waals surface area contributed by atoms with E-state index in [2.05, 4.69) is 23.3 Å². The Morgan fingerprint density at radius 3 is 2.64 bits per heavy atom. The fraction of sp³-hybridized carbons (Fsp3) is 0.857. The molecule has 0 aliphatic carbocycles. The van der Waals surface area contributed by atoms with Gasteiger partial charge in [-0.2, -0.15) is 12.6 Å². The van der Waals surface area contributed by atoms with Crippen molar-refractivity contribution in [1.29, 1.82) is 0 Å². The molecule has 0 radical (unpaired) electrons. The van der Waals surface area contributed by atoms with Crippen LogP contribution in [0.2, 0.25) is 0 Å². The molecule has 0 spiro atoms. The first-order valence-corrected chi connectivity index (χ1v) is 4.41. The lowest BCUT2D eigenvalue weighted by molar-refractivity contribution is -0.120. The number of amides is 1. The Labute approximate surface area is 73.3 Å². The normalized spacial score (nSPS) is 10.2. The van der Waals surface area contributed by atoms with Crippen molar-refractivity contribution < 1.29 is 4.79 Å². The lowest BCUT2D eigenvalue weighted by atomic mass is 10.4.